The lowest BCUT2D eigenvalue weighted by Gasteiger charge is -2.31. The molecule has 0 saturated carbocycles. The van der Waals surface area contributed by atoms with Crippen molar-refractivity contribution < 1.29 is 18.7 Å². The Labute approximate surface area is 147 Å². The van der Waals surface area contributed by atoms with Crippen LogP contribution < -0.4 is 9.47 Å². The molecule has 132 valence electrons. The van der Waals surface area contributed by atoms with Crippen LogP contribution in [0, 0.1) is 5.82 Å². The maximum atomic E-state index is 13.8. The Kier molecular flexibility index (Phi) is 5.53. The molecule has 5 heteroatoms. The molecular weight excluding hydrogens is 321 g/mol. The van der Waals surface area contributed by atoms with E-state index in [9.17, 15) is 9.18 Å². The number of hydrogen-bond donors (Lipinski definition) is 0. The van der Waals surface area contributed by atoms with Crippen LogP contribution >= 0.6 is 0 Å². The van der Waals surface area contributed by atoms with E-state index >= 15 is 0 Å². The predicted octanol–water partition coefficient (Wildman–Crippen LogP) is 3.45. The molecule has 0 N–H and O–H groups in total. The average molecular weight is 343 g/mol. The van der Waals surface area contributed by atoms with Gasteiger partial charge in [0.15, 0.2) is 17.6 Å². The van der Waals surface area contributed by atoms with Gasteiger partial charge in [-0.25, -0.2) is 4.39 Å². The van der Waals surface area contributed by atoms with Crippen LogP contribution in [0.25, 0.3) is 0 Å². The van der Waals surface area contributed by atoms with Crippen LogP contribution in [-0.2, 0) is 11.2 Å². The third-order valence-electron chi connectivity index (χ3n) is 4.14. The summed E-state index contributed by atoms with van der Waals surface area (Å²) in [6, 6.07) is 13.9. The van der Waals surface area contributed by atoms with Crippen LogP contribution in [0.15, 0.2) is 48.5 Å². The molecule has 25 heavy (non-hydrogen) atoms. The van der Waals surface area contributed by atoms with E-state index in [1.54, 1.807) is 23.1 Å². The Morgan fingerprint density at radius 1 is 1.16 bits per heavy atom. The first-order valence-corrected chi connectivity index (χ1v) is 8.57. The van der Waals surface area contributed by atoms with Crippen molar-refractivity contribution in [2.75, 3.05) is 19.7 Å². The SMILES string of the molecule is CCCN(CC1COc2ccccc2O1)C(=O)Cc1ccccc1F. The van der Waals surface area contributed by atoms with Crippen molar-refractivity contribution in [1.82, 2.24) is 4.90 Å². The Morgan fingerprint density at radius 2 is 1.88 bits per heavy atom. The van der Waals surface area contributed by atoms with Gasteiger partial charge in [0.1, 0.15) is 12.4 Å². The van der Waals surface area contributed by atoms with Gasteiger partial charge in [-0.15, -0.1) is 0 Å². The largest absolute Gasteiger partial charge is 0.486 e. The molecule has 1 amide bonds. The first-order chi connectivity index (χ1) is 12.2. The fraction of sp³-hybridized carbons (Fsp3) is 0.350. The molecule has 2 aromatic rings. The Balaban J connectivity index is 1.65. The number of benzene rings is 2. The van der Waals surface area contributed by atoms with Crippen LogP contribution in [0.1, 0.15) is 18.9 Å². The third-order valence-corrected chi connectivity index (χ3v) is 4.14. The summed E-state index contributed by atoms with van der Waals surface area (Å²) in [6.45, 7) is 3.44. The molecule has 0 spiro atoms. The van der Waals surface area contributed by atoms with Gasteiger partial charge in [-0.05, 0) is 30.2 Å². The summed E-state index contributed by atoms with van der Waals surface area (Å²) in [5.41, 5.74) is 0.416. The van der Waals surface area contributed by atoms with Crippen molar-refractivity contribution in [3.8, 4) is 11.5 Å². The molecule has 0 saturated heterocycles. The highest BCUT2D eigenvalue weighted by Gasteiger charge is 2.25. The maximum absolute atomic E-state index is 13.8. The lowest BCUT2D eigenvalue weighted by molar-refractivity contribution is -0.132. The first kappa shape index (κ1) is 17.3. The molecule has 0 fully saturated rings. The van der Waals surface area contributed by atoms with Gasteiger partial charge in [0, 0.05) is 6.54 Å². The summed E-state index contributed by atoms with van der Waals surface area (Å²) in [4.78, 5) is 14.4. The van der Waals surface area contributed by atoms with E-state index in [1.807, 2.05) is 31.2 Å². The standard InChI is InChI=1S/C20H22FNO3/c1-2-11-22(20(23)12-15-7-3-4-8-17(15)21)13-16-14-24-18-9-5-6-10-19(18)25-16/h3-10,16H,2,11-14H2,1H3. The average Bonchev–Trinajstić information content (AvgIpc) is 2.63. The summed E-state index contributed by atoms with van der Waals surface area (Å²) in [5, 5.41) is 0. The number of carbonyl (C=O) groups is 1. The monoisotopic (exact) mass is 343 g/mol. The van der Waals surface area contributed by atoms with Crippen molar-refractivity contribution in [3.63, 3.8) is 0 Å². The van der Waals surface area contributed by atoms with Crippen molar-refractivity contribution in [1.29, 1.82) is 0 Å². The van der Waals surface area contributed by atoms with Gasteiger partial charge in [0.25, 0.3) is 0 Å². The Hall–Kier alpha value is -2.56. The van der Waals surface area contributed by atoms with Gasteiger partial charge in [-0.1, -0.05) is 37.3 Å². The van der Waals surface area contributed by atoms with Crippen molar-refractivity contribution in [2.45, 2.75) is 25.9 Å². The Bertz CT molecular complexity index is 734. The van der Waals surface area contributed by atoms with Gasteiger partial charge in [0.2, 0.25) is 5.91 Å². The van der Waals surface area contributed by atoms with Crippen LogP contribution in [0.5, 0.6) is 11.5 Å². The molecule has 1 aliphatic rings. The molecule has 2 aromatic carbocycles. The van der Waals surface area contributed by atoms with Crippen LogP contribution in [0.2, 0.25) is 0 Å². The number of fused-ring (bicyclic) bond motifs is 1. The zero-order chi connectivity index (χ0) is 17.6. The zero-order valence-corrected chi connectivity index (χ0v) is 14.3. The molecule has 0 aliphatic carbocycles. The molecule has 1 unspecified atom stereocenters. The number of amides is 1. The molecule has 1 aliphatic heterocycles. The Morgan fingerprint density at radius 3 is 2.64 bits per heavy atom. The van der Waals surface area contributed by atoms with E-state index in [2.05, 4.69) is 0 Å². The second kappa shape index (κ2) is 8.01. The topological polar surface area (TPSA) is 38.8 Å². The summed E-state index contributed by atoms with van der Waals surface area (Å²) < 4.78 is 25.5. The second-order valence-corrected chi connectivity index (χ2v) is 6.11. The fourth-order valence-electron chi connectivity index (χ4n) is 2.90. The van der Waals surface area contributed by atoms with E-state index in [-0.39, 0.29) is 24.2 Å². The molecule has 1 heterocycles. The predicted molar refractivity (Wildman–Crippen MR) is 93.3 cm³/mol. The molecule has 0 aromatic heterocycles. The number of rotatable bonds is 6. The molecule has 3 rings (SSSR count). The highest BCUT2D eigenvalue weighted by atomic mass is 19.1. The number of nitrogens with zero attached hydrogens (tertiary/aromatic N) is 1. The van der Waals surface area contributed by atoms with Crippen molar-refractivity contribution in [2.24, 2.45) is 0 Å². The number of hydrogen-bond acceptors (Lipinski definition) is 3. The number of para-hydroxylation sites is 2. The highest BCUT2D eigenvalue weighted by molar-refractivity contribution is 5.78. The van der Waals surface area contributed by atoms with E-state index in [4.69, 9.17) is 9.47 Å². The molecule has 0 bridgehead atoms. The van der Waals surface area contributed by atoms with Gasteiger partial charge in [0.05, 0.1) is 13.0 Å². The van der Waals surface area contributed by atoms with Crippen molar-refractivity contribution >= 4 is 5.91 Å². The normalized spacial score (nSPS) is 15.7. The summed E-state index contributed by atoms with van der Waals surface area (Å²) in [7, 11) is 0. The minimum Gasteiger partial charge on any atom is -0.486 e. The van der Waals surface area contributed by atoms with E-state index in [1.165, 1.54) is 6.07 Å². The van der Waals surface area contributed by atoms with Gasteiger partial charge in [-0.3, -0.25) is 4.79 Å². The van der Waals surface area contributed by atoms with Crippen LogP contribution in [-0.4, -0.2) is 36.6 Å². The quantitative estimate of drug-likeness (QED) is 0.806. The highest BCUT2D eigenvalue weighted by Crippen LogP contribution is 2.31. The van der Waals surface area contributed by atoms with Crippen LogP contribution in [0.4, 0.5) is 4.39 Å². The van der Waals surface area contributed by atoms with Gasteiger partial charge in [-0.2, -0.15) is 0 Å². The van der Waals surface area contributed by atoms with Gasteiger partial charge >= 0.3 is 0 Å². The zero-order valence-electron chi connectivity index (χ0n) is 14.3. The smallest absolute Gasteiger partial charge is 0.227 e. The van der Waals surface area contributed by atoms with E-state index in [0.29, 0.717) is 31.0 Å². The maximum Gasteiger partial charge on any atom is 0.227 e. The number of ether oxygens (including phenoxy) is 2. The summed E-state index contributed by atoms with van der Waals surface area (Å²) in [6.07, 6.45) is 0.648. The molecular formula is C20H22FNO3. The van der Waals surface area contributed by atoms with Crippen LogP contribution in [0.3, 0.4) is 0 Å². The molecule has 0 radical (unpaired) electrons. The minimum absolute atomic E-state index is 0.0524. The number of carbonyl (C=O) groups excluding carboxylic acids is 1. The fourth-order valence-corrected chi connectivity index (χ4v) is 2.90. The van der Waals surface area contributed by atoms with Crippen molar-refractivity contribution in [3.05, 3.63) is 59.9 Å². The second-order valence-electron chi connectivity index (χ2n) is 6.11. The van der Waals surface area contributed by atoms with Gasteiger partial charge < -0.3 is 14.4 Å². The lowest BCUT2D eigenvalue weighted by Crippen LogP contribution is -2.44. The summed E-state index contributed by atoms with van der Waals surface area (Å²) in [5.74, 6) is 0.961. The van der Waals surface area contributed by atoms with E-state index in [0.717, 1.165) is 12.2 Å². The van der Waals surface area contributed by atoms with E-state index < -0.39 is 0 Å². The first-order valence-electron chi connectivity index (χ1n) is 8.57. The lowest BCUT2D eigenvalue weighted by atomic mass is 10.1. The molecule has 1 atom stereocenters. The third kappa shape index (κ3) is 4.29. The molecule has 4 nitrogen and oxygen atoms in total. The number of halogens is 1. The minimum atomic E-state index is -0.349. The summed E-state index contributed by atoms with van der Waals surface area (Å²) >= 11 is 0.